The van der Waals surface area contributed by atoms with Gasteiger partial charge in [0.1, 0.15) is 17.1 Å². The van der Waals surface area contributed by atoms with Crippen LogP contribution in [0.1, 0.15) is 24.2 Å². The largest absolute Gasteiger partial charge is 0.401 e. The Balaban J connectivity index is 1.10. The third kappa shape index (κ3) is 4.64. The van der Waals surface area contributed by atoms with E-state index in [2.05, 4.69) is 35.7 Å². The first kappa shape index (κ1) is 24.5. The minimum absolute atomic E-state index is 0.0928. The molecule has 0 atom stereocenters. The first-order valence-corrected chi connectivity index (χ1v) is 11.7. The summed E-state index contributed by atoms with van der Waals surface area (Å²) in [5, 5.41) is 8.92. The second-order valence-electron chi connectivity index (χ2n) is 9.06. The van der Waals surface area contributed by atoms with Crippen molar-refractivity contribution in [3.63, 3.8) is 0 Å². The van der Waals surface area contributed by atoms with Crippen molar-refractivity contribution in [2.24, 2.45) is 0 Å². The van der Waals surface area contributed by atoms with Crippen LogP contribution in [0.15, 0.2) is 66.0 Å². The van der Waals surface area contributed by atoms with E-state index >= 15 is 0 Å². The number of nitrogens with zero attached hydrogens (tertiary/aromatic N) is 6. The van der Waals surface area contributed by atoms with Crippen molar-refractivity contribution in [3.8, 4) is 11.1 Å². The predicted molar refractivity (Wildman–Crippen MR) is 129 cm³/mol. The Morgan fingerprint density at radius 1 is 1.05 bits per heavy atom. The van der Waals surface area contributed by atoms with Crippen molar-refractivity contribution < 1.29 is 26.9 Å². The summed E-state index contributed by atoms with van der Waals surface area (Å²) in [5.41, 5.74) is -0.261. The van der Waals surface area contributed by atoms with E-state index in [1.807, 2.05) is 0 Å². The van der Waals surface area contributed by atoms with Crippen LogP contribution in [0.3, 0.4) is 0 Å². The summed E-state index contributed by atoms with van der Waals surface area (Å²) in [4.78, 5) is 29.2. The van der Waals surface area contributed by atoms with Crippen molar-refractivity contribution in [3.05, 3.63) is 78.6 Å². The highest BCUT2D eigenvalue weighted by Gasteiger charge is 2.66. The number of alkyl halides is 3. The van der Waals surface area contributed by atoms with Crippen molar-refractivity contribution in [2.75, 3.05) is 10.6 Å². The van der Waals surface area contributed by atoms with Crippen LogP contribution in [0.25, 0.3) is 16.8 Å². The lowest BCUT2D eigenvalue weighted by Crippen LogP contribution is -2.28. The molecule has 1 aromatic carbocycles. The van der Waals surface area contributed by atoms with Gasteiger partial charge in [-0.3, -0.25) is 14.2 Å². The molecule has 0 radical (unpaired) electrons. The number of aromatic nitrogens is 6. The smallest absolute Gasteiger partial charge is 0.358 e. The quantitative estimate of drug-likeness (QED) is 0.283. The third-order valence-electron chi connectivity index (χ3n) is 6.49. The first-order chi connectivity index (χ1) is 18.7. The number of hydrogen-bond acceptors (Lipinski definition) is 8. The molecular formula is C25H18F4N8O2. The molecule has 1 aliphatic carbocycles. The molecule has 0 unspecified atom stereocenters. The zero-order valence-electron chi connectivity index (χ0n) is 19.9. The van der Waals surface area contributed by atoms with Gasteiger partial charge in [-0.1, -0.05) is 17.3 Å². The molecule has 1 saturated carbocycles. The summed E-state index contributed by atoms with van der Waals surface area (Å²) in [7, 11) is 0. The zero-order valence-corrected chi connectivity index (χ0v) is 19.9. The van der Waals surface area contributed by atoms with Gasteiger partial charge < -0.3 is 15.2 Å². The molecule has 5 aromatic rings. The molecule has 0 spiro atoms. The van der Waals surface area contributed by atoms with Gasteiger partial charge in [0.05, 0.1) is 18.8 Å². The molecule has 10 nitrogen and oxygen atoms in total. The Bertz CT molecular complexity index is 1680. The Morgan fingerprint density at radius 3 is 2.56 bits per heavy atom. The molecule has 0 aliphatic heterocycles. The highest BCUT2D eigenvalue weighted by Crippen LogP contribution is 2.59. The molecule has 4 aromatic heterocycles. The van der Waals surface area contributed by atoms with E-state index in [1.165, 1.54) is 24.5 Å². The average Bonchev–Trinajstić information content (AvgIpc) is 3.46. The van der Waals surface area contributed by atoms with E-state index in [0.29, 0.717) is 28.5 Å². The number of halogens is 4. The fourth-order valence-electron chi connectivity index (χ4n) is 4.18. The second kappa shape index (κ2) is 9.15. The summed E-state index contributed by atoms with van der Waals surface area (Å²) in [6.45, 7) is 0. The van der Waals surface area contributed by atoms with E-state index in [4.69, 9.17) is 4.52 Å². The van der Waals surface area contributed by atoms with Crippen LogP contribution in [0, 0.1) is 5.82 Å². The fourth-order valence-corrected chi connectivity index (χ4v) is 4.18. The molecule has 1 amide bonds. The molecule has 0 saturated heterocycles. The molecule has 4 heterocycles. The predicted octanol–water partition coefficient (Wildman–Crippen LogP) is 4.83. The summed E-state index contributed by atoms with van der Waals surface area (Å²) < 4.78 is 61.2. The lowest BCUT2D eigenvalue weighted by Gasteiger charge is -2.14. The number of benzene rings is 1. The summed E-state index contributed by atoms with van der Waals surface area (Å²) in [6, 6.07) is 5.37. The highest BCUT2D eigenvalue weighted by atomic mass is 19.4. The fraction of sp³-hybridized carbons (Fsp3) is 0.200. The van der Waals surface area contributed by atoms with Crippen molar-refractivity contribution >= 4 is 29.1 Å². The number of fused-ring (bicyclic) bond motifs is 1. The van der Waals surface area contributed by atoms with Gasteiger partial charge in [-0.2, -0.15) is 13.2 Å². The molecule has 198 valence electrons. The van der Waals surface area contributed by atoms with Gasteiger partial charge in [0.15, 0.2) is 17.2 Å². The molecule has 1 aliphatic rings. The highest BCUT2D eigenvalue weighted by molar-refractivity contribution is 5.91. The number of amides is 1. The van der Waals surface area contributed by atoms with E-state index in [9.17, 15) is 22.4 Å². The number of imidazole rings is 1. The third-order valence-corrected chi connectivity index (χ3v) is 6.49. The molecular weight excluding hydrogens is 520 g/mol. The number of rotatable bonds is 7. The van der Waals surface area contributed by atoms with Crippen LogP contribution in [-0.4, -0.2) is 41.6 Å². The maximum Gasteiger partial charge on any atom is 0.401 e. The minimum atomic E-state index is -4.46. The SMILES string of the molecule is O=C(Cc1ccc(-c2cnc(Nc3cnc4cnccn34)nc2)cc1F)Nc1cc(C2(C(F)(F)F)CC2)on1. The normalized spacial score (nSPS) is 14.4. The van der Waals surface area contributed by atoms with Crippen LogP contribution < -0.4 is 10.6 Å². The average molecular weight is 538 g/mol. The van der Waals surface area contributed by atoms with Crippen LogP contribution in [0.4, 0.5) is 35.1 Å². The monoisotopic (exact) mass is 538 g/mol. The van der Waals surface area contributed by atoms with Gasteiger partial charge in [0.25, 0.3) is 0 Å². The summed E-state index contributed by atoms with van der Waals surface area (Å²) >= 11 is 0. The Hall–Kier alpha value is -4.88. The Labute approximate surface area is 217 Å². The summed E-state index contributed by atoms with van der Waals surface area (Å²) in [6.07, 6.45) is 4.63. The topological polar surface area (TPSA) is 123 Å². The molecule has 14 heteroatoms. The first-order valence-electron chi connectivity index (χ1n) is 11.7. The number of carbonyl (C=O) groups excluding carboxylic acids is 1. The minimum Gasteiger partial charge on any atom is -0.358 e. The number of hydrogen-bond donors (Lipinski definition) is 2. The van der Waals surface area contributed by atoms with Gasteiger partial charge in [0.2, 0.25) is 11.9 Å². The van der Waals surface area contributed by atoms with E-state index in [-0.39, 0.29) is 36.4 Å². The molecule has 1 fully saturated rings. The zero-order chi connectivity index (χ0) is 27.2. The van der Waals surface area contributed by atoms with E-state index in [0.717, 1.165) is 6.07 Å². The van der Waals surface area contributed by atoms with Gasteiger partial charge in [-0.05, 0) is 30.0 Å². The molecule has 0 bridgehead atoms. The number of carbonyl (C=O) groups is 1. The molecule has 6 rings (SSSR count). The van der Waals surface area contributed by atoms with Crippen LogP contribution in [0.5, 0.6) is 0 Å². The van der Waals surface area contributed by atoms with E-state index in [1.54, 1.807) is 35.3 Å². The van der Waals surface area contributed by atoms with E-state index < -0.39 is 23.3 Å². The standard InChI is InChI=1S/C25H18F4N8O2/c26-17-7-14(16-10-32-23(33-11-16)35-21-13-31-20-12-30-5-6-37(20)21)1-2-15(17)8-22(38)34-19-9-18(39-36-19)24(3-4-24)25(27,28)29/h1-2,5-7,9-13H,3-4,8H2,(H,32,33,35)(H,34,36,38). The van der Waals surface area contributed by atoms with Gasteiger partial charge in [0, 0.05) is 36.4 Å². The van der Waals surface area contributed by atoms with Crippen molar-refractivity contribution in [2.45, 2.75) is 30.9 Å². The Morgan fingerprint density at radius 2 is 1.85 bits per heavy atom. The van der Waals surface area contributed by atoms with Gasteiger partial charge in [-0.15, -0.1) is 0 Å². The van der Waals surface area contributed by atoms with Crippen LogP contribution in [0.2, 0.25) is 0 Å². The number of anilines is 3. The lowest BCUT2D eigenvalue weighted by atomic mass is 10.0. The number of nitrogens with one attached hydrogen (secondary N) is 2. The molecule has 2 N–H and O–H groups in total. The maximum atomic E-state index is 14.8. The van der Waals surface area contributed by atoms with Crippen LogP contribution in [-0.2, 0) is 16.6 Å². The van der Waals surface area contributed by atoms with Crippen molar-refractivity contribution in [1.82, 2.24) is 29.5 Å². The van der Waals surface area contributed by atoms with Gasteiger partial charge >= 0.3 is 6.18 Å². The maximum absolute atomic E-state index is 14.8. The van der Waals surface area contributed by atoms with Crippen molar-refractivity contribution in [1.29, 1.82) is 0 Å². The Kier molecular flexibility index (Phi) is 5.74. The lowest BCUT2D eigenvalue weighted by molar-refractivity contribution is -0.165. The van der Waals surface area contributed by atoms with Crippen LogP contribution >= 0.6 is 0 Å². The second-order valence-corrected chi connectivity index (χ2v) is 9.06. The summed E-state index contributed by atoms with van der Waals surface area (Å²) in [5.74, 6) is -0.846. The van der Waals surface area contributed by atoms with Gasteiger partial charge in [-0.25, -0.2) is 19.3 Å². The molecule has 39 heavy (non-hydrogen) atoms.